The third-order valence-corrected chi connectivity index (χ3v) is 3.61. The highest BCUT2D eigenvalue weighted by atomic mass is 35.5. The molecule has 1 saturated heterocycles. The van der Waals surface area contributed by atoms with Crippen molar-refractivity contribution in [3.8, 4) is 0 Å². The molecule has 1 aliphatic rings. The van der Waals surface area contributed by atoms with Crippen molar-refractivity contribution in [1.82, 2.24) is 4.90 Å². The standard InChI is InChI=1S/C13H17ClN2O2.ClH/c1-9-3-2-4-11(12(9)14)13(17)16-5-6-18-10(7-15)8-16;/h2-4,10H,5-8,15H2,1H3;1H. The highest BCUT2D eigenvalue weighted by Crippen LogP contribution is 2.22. The number of carbonyl (C=O) groups excluding carboxylic acids is 1. The molecule has 2 N–H and O–H groups in total. The summed E-state index contributed by atoms with van der Waals surface area (Å²) >= 11 is 6.17. The van der Waals surface area contributed by atoms with Gasteiger partial charge in [0.1, 0.15) is 0 Å². The maximum Gasteiger partial charge on any atom is 0.255 e. The van der Waals surface area contributed by atoms with Gasteiger partial charge in [-0.1, -0.05) is 23.7 Å². The second kappa shape index (κ2) is 7.10. The van der Waals surface area contributed by atoms with Crippen LogP contribution in [0.5, 0.6) is 0 Å². The second-order valence-electron chi connectivity index (χ2n) is 4.42. The van der Waals surface area contributed by atoms with Gasteiger partial charge in [0.2, 0.25) is 0 Å². The van der Waals surface area contributed by atoms with E-state index in [0.29, 0.717) is 36.8 Å². The summed E-state index contributed by atoms with van der Waals surface area (Å²) in [6.07, 6.45) is -0.0775. The zero-order valence-corrected chi connectivity index (χ0v) is 12.3. The molecule has 106 valence electrons. The summed E-state index contributed by atoms with van der Waals surface area (Å²) in [6, 6.07) is 5.49. The molecule has 0 aliphatic carbocycles. The van der Waals surface area contributed by atoms with Crippen molar-refractivity contribution < 1.29 is 9.53 Å². The summed E-state index contributed by atoms with van der Waals surface area (Å²) in [4.78, 5) is 14.1. The zero-order valence-electron chi connectivity index (χ0n) is 10.8. The molecule has 1 amide bonds. The molecular formula is C13H18Cl2N2O2. The van der Waals surface area contributed by atoms with Gasteiger partial charge in [-0.25, -0.2) is 0 Å². The fourth-order valence-corrected chi connectivity index (χ4v) is 2.24. The van der Waals surface area contributed by atoms with Gasteiger partial charge < -0.3 is 15.4 Å². The molecule has 1 atom stereocenters. The average molecular weight is 305 g/mol. The number of hydrogen-bond donors (Lipinski definition) is 1. The number of aryl methyl sites for hydroxylation is 1. The molecule has 4 nitrogen and oxygen atoms in total. The van der Waals surface area contributed by atoms with E-state index in [1.54, 1.807) is 11.0 Å². The highest BCUT2D eigenvalue weighted by Gasteiger charge is 2.25. The van der Waals surface area contributed by atoms with Crippen LogP contribution in [0.15, 0.2) is 18.2 Å². The Morgan fingerprint density at radius 1 is 1.58 bits per heavy atom. The summed E-state index contributed by atoms with van der Waals surface area (Å²) in [5.41, 5.74) is 7.03. The molecule has 1 heterocycles. The van der Waals surface area contributed by atoms with Crippen LogP contribution in [-0.4, -0.2) is 43.2 Å². The topological polar surface area (TPSA) is 55.6 Å². The number of rotatable bonds is 2. The Hall–Kier alpha value is -0.810. The maximum absolute atomic E-state index is 12.4. The molecule has 1 aliphatic heterocycles. The van der Waals surface area contributed by atoms with Gasteiger partial charge in [-0.15, -0.1) is 12.4 Å². The van der Waals surface area contributed by atoms with E-state index in [1.165, 1.54) is 0 Å². The molecule has 1 unspecified atom stereocenters. The van der Waals surface area contributed by atoms with Crippen LogP contribution >= 0.6 is 24.0 Å². The number of nitrogens with zero attached hydrogens (tertiary/aromatic N) is 1. The van der Waals surface area contributed by atoms with Crippen LogP contribution in [0, 0.1) is 6.92 Å². The highest BCUT2D eigenvalue weighted by molar-refractivity contribution is 6.34. The van der Waals surface area contributed by atoms with Gasteiger partial charge in [0.05, 0.1) is 23.3 Å². The van der Waals surface area contributed by atoms with Crippen molar-refractivity contribution >= 4 is 29.9 Å². The predicted molar refractivity (Wildman–Crippen MR) is 78.1 cm³/mol. The molecule has 0 bridgehead atoms. The van der Waals surface area contributed by atoms with E-state index in [9.17, 15) is 4.79 Å². The van der Waals surface area contributed by atoms with Crippen LogP contribution in [0.4, 0.5) is 0 Å². The Morgan fingerprint density at radius 3 is 3.00 bits per heavy atom. The first-order chi connectivity index (χ1) is 8.63. The number of halogens is 2. The quantitative estimate of drug-likeness (QED) is 0.907. The smallest absolute Gasteiger partial charge is 0.255 e. The molecule has 0 saturated carbocycles. The lowest BCUT2D eigenvalue weighted by molar-refractivity contribution is -0.0167. The minimum absolute atomic E-state index is 0. The molecule has 2 rings (SSSR count). The largest absolute Gasteiger partial charge is 0.373 e. The van der Waals surface area contributed by atoms with Crippen molar-refractivity contribution in [1.29, 1.82) is 0 Å². The van der Waals surface area contributed by atoms with Crippen molar-refractivity contribution in [2.45, 2.75) is 13.0 Å². The van der Waals surface area contributed by atoms with Gasteiger partial charge in [0.15, 0.2) is 0 Å². The number of amides is 1. The number of hydrogen-bond acceptors (Lipinski definition) is 3. The van der Waals surface area contributed by atoms with Gasteiger partial charge in [0, 0.05) is 19.6 Å². The van der Waals surface area contributed by atoms with Crippen molar-refractivity contribution in [2.24, 2.45) is 5.73 Å². The first-order valence-corrected chi connectivity index (χ1v) is 6.37. The van der Waals surface area contributed by atoms with Gasteiger partial charge >= 0.3 is 0 Å². The minimum Gasteiger partial charge on any atom is -0.373 e. The van der Waals surface area contributed by atoms with E-state index in [2.05, 4.69) is 0 Å². The summed E-state index contributed by atoms with van der Waals surface area (Å²) in [5, 5.41) is 0.526. The summed E-state index contributed by atoms with van der Waals surface area (Å²) in [5.74, 6) is -0.0505. The summed E-state index contributed by atoms with van der Waals surface area (Å²) in [7, 11) is 0. The maximum atomic E-state index is 12.4. The van der Waals surface area contributed by atoms with Crippen molar-refractivity contribution in [3.63, 3.8) is 0 Å². The van der Waals surface area contributed by atoms with E-state index < -0.39 is 0 Å². The minimum atomic E-state index is -0.0775. The monoisotopic (exact) mass is 304 g/mol. The lowest BCUT2D eigenvalue weighted by atomic mass is 10.1. The Balaban J connectivity index is 0.00000180. The number of carbonyl (C=O) groups is 1. The second-order valence-corrected chi connectivity index (χ2v) is 4.79. The molecule has 1 fully saturated rings. The number of benzene rings is 1. The zero-order chi connectivity index (χ0) is 13.1. The molecular weight excluding hydrogens is 287 g/mol. The molecule has 19 heavy (non-hydrogen) atoms. The van der Waals surface area contributed by atoms with Crippen LogP contribution < -0.4 is 5.73 Å². The van der Waals surface area contributed by atoms with Gasteiger partial charge in [-0.2, -0.15) is 0 Å². The predicted octanol–water partition coefficient (Wildman–Crippen LogP) is 1.87. The molecule has 0 spiro atoms. The van der Waals surface area contributed by atoms with E-state index in [-0.39, 0.29) is 24.4 Å². The van der Waals surface area contributed by atoms with Gasteiger partial charge in [-0.3, -0.25) is 4.79 Å². The third-order valence-electron chi connectivity index (χ3n) is 3.11. The van der Waals surface area contributed by atoms with Gasteiger partial charge in [0.25, 0.3) is 5.91 Å². The molecule has 1 aromatic carbocycles. The fourth-order valence-electron chi connectivity index (χ4n) is 2.03. The van der Waals surface area contributed by atoms with Crippen molar-refractivity contribution in [2.75, 3.05) is 26.2 Å². The van der Waals surface area contributed by atoms with E-state index in [0.717, 1.165) is 5.56 Å². The van der Waals surface area contributed by atoms with Crippen LogP contribution in [0.1, 0.15) is 15.9 Å². The lowest BCUT2D eigenvalue weighted by Gasteiger charge is -2.32. The first-order valence-electron chi connectivity index (χ1n) is 5.99. The third kappa shape index (κ3) is 3.60. The first kappa shape index (κ1) is 16.2. The SMILES string of the molecule is Cc1cccc(C(=O)N2CCOC(CN)C2)c1Cl.Cl. The lowest BCUT2D eigenvalue weighted by Crippen LogP contribution is -2.48. The molecule has 0 radical (unpaired) electrons. The normalized spacial score (nSPS) is 18.9. The van der Waals surface area contributed by atoms with E-state index in [1.807, 2.05) is 19.1 Å². The van der Waals surface area contributed by atoms with Crippen LogP contribution in [0.3, 0.4) is 0 Å². The summed E-state index contributed by atoms with van der Waals surface area (Å²) in [6.45, 7) is 3.95. The van der Waals surface area contributed by atoms with Crippen LogP contribution in [-0.2, 0) is 4.74 Å². The molecule has 1 aromatic rings. The van der Waals surface area contributed by atoms with Gasteiger partial charge in [-0.05, 0) is 18.6 Å². The van der Waals surface area contributed by atoms with Crippen LogP contribution in [0.25, 0.3) is 0 Å². The number of ether oxygens (including phenoxy) is 1. The Labute approximate surface area is 124 Å². The van der Waals surface area contributed by atoms with E-state index >= 15 is 0 Å². The van der Waals surface area contributed by atoms with E-state index in [4.69, 9.17) is 22.1 Å². The number of nitrogens with two attached hydrogens (primary N) is 1. The summed E-state index contributed by atoms with van der Waals surface area (Å²) < 4.78 is 5.45. The number of morpholine rings is 1. The molecule has 6 heteroatoms. The fraction of sp³-hybridized carbons (Fsp3) is 0.462. The van der Waals surface area contributed by atoms with Crippen LogP contribution in [0.2, 0.25) is 5.02 Å². The molecule has 0 aromatic heterocycles. The Kier molecular flexibility index (Phi) is 6.07. The Morgan fingerprint density at radius 2 is 2.32 bits per heavy atom. The van der Waals surface area contributed by atoms with Crippen molar-refractivity contribution in [3.05, 3.63) is 34.3 Å². The Bertz CT molecular complexity index is 454. The average Bonchev–Trinajstić information content (AvgIpc) is 2.41.